The highest BCUT2D eigenvalue weighted by Crippen LogP contribution is 2.40. The van der Waals surface area contributed by atoms with Gasteiger partial charge in [0.2, 0.25) is 10.0 Å². The van der Waals surface area contributed by atoms with Gasteiger partial charge in [0, 0.05) is 12.1 Å². The third-order valence-corrected chi connectivity index (χ3v) is 6.19. The van der Waals surface area contributed by atoms with Crippen molar-refractivity contribution in [2.75, 3.05) is 6.54 Å². The van der Waals surface area contributed by atoms with Gasteiger partial charge in [-0.3, -0.25) is 0 Å². The van der Waals surface area contributed by atoms with Crippen molar-refractivity contribution >= 4 is 21.6 Å². The molecule has 1 atom stereocenters. The van der Waals surface area contributed by atoms with Gasteiger partial charge in [-0.2, -0.15) is 0 Å². The van der Waals surface area contributed by atoms with Crippen molar-refractivity contribution < 1.29 is 8.42 Å². The lowest BCUT2D eigenvalue weighted by molar-refractivity contribution is 0.374. The topological polar surface area (TPSA) is 72.2 Å². The van der Waals surface area contributed by atoms with Crippen molar-refractivity contribution in [2.24, 2.45) is 11.7 Å². The highest BCUT2D eigenvalue weighted by molar-refractivity contribution is 7.89. The van der Waals surface area contributed by atoms with Crippen molar-refractivity contribution in [2.45, 2.75) is 50.0 Å². The number of nitrogens with two attached hydrogens (primary N) is 1. The van der Waals surface area contributed by atoms with E-state index in [9.17, 15) is 8.42 Å². The Balaban J connectivity index is 2.32. The lowest BCUT2D eigenvalue weighted by Gasteiger charge is -2.29. The normalized spacial score (nSPS) is 18.5. The predicted molar refractivity (Wildman–Crippen MR) is 86.0 cm³/mol. The molecule has 0 bridgehead atoms. The zero-order chi connectivity index (χ0) is 15.7. The van der Waals surface area contributed by atoms with Gasteiger partial charge in [-0.25, -0.2) is 13.1 Å². The Labute approximate surface area is 132 Å². The fourth-order valence-corrected chi connectivity index (χ4v) is 4.60. The maximum Gasteiger partial charge on any atom is 0.242 e. The Morgan fingerprint density at radius 3 is 2.62 bits per heavy atom. The summed E-state index contributed by atoms with van der Waals surface area (Å²) in [5, 5.41) is 0.248. The second kappa shape index (κ2) is 6.24. The number of rotatable bonds is 7. The van der Waals surface area contributed by atoms with E-state index in [0.717, 1.165) is 31.2 Å². The summed E-state index contributed by atoms with van der Waals surface area (Å²) >= 11 is 6.10. The van der Waals surface area contributed by atoms with Gasteiger partial charge in [-0.05, 0) is 49.8 Å². The van der Waals surface area contributed by atoms with Crippen LogP contribution in [0.3, 0.4) is 0 Å². The van der Waals surface area contributed by atoms with Crippen LogP contribution in [0.2, 0.25) is 5.02 Å². The van der Waals surface area contributed by atoms with E-state index in [1.165, 1.54) is 0 Å². The third kappa shape index (κ3) is 3.77. The average Bonchev–Trinajstić information content (AvgIpc) is 3.25. The van der Waals surface area contributed by atoms with Crippen LogP contribution < -0.4 is 10.5 Å². The minimum atomic E-state index is -3.67. The predicted octanol–water partition coefficient (Wildman–Crippen LogP) is 2.70. The van der Waals surface area contributed by atoms with Crippen molar-refractivity contribution in [1.29, 1.82) is 0 Å². The van der Waals surface area contributed by atoms with E-state index >= 15 is 0 Å². The first-order chi connectivity index (χ1) is 9.82. The SMILES string of the molecule is CCCc1ccc(Cl)c(S(=O)(=O)NC(C)(CN)C2CC2)c1. The summed E-state index contributed by atoms with van der Waals surface area (Å²) in [7, 11) is -3.67. The van der Waals surface area contributed by atoms with Crippen LogP contribution in [0.15, 0.2) is 23.1 Å². The van der Waals surface area contributed by atoms with Crippen molar-refractivity contribution in [1.82, 2.24) is 4.72 Å². The molecule has 0 radical (unpaired) electrons. The van der Waals surface area contributed by atoms with Gasteiger partial charge in [0.25, 0.3) is 0 Å². The van der Waals surface area contributed by atoms with E-state index in [-0.39, 0.29) is 16.5 Å². The van der Waals surface area contributed by atoms with Gasteiger partial charge in [0.05, 0.1) is 5.02 Å². The van der Waals surface area contributed by atoms with Crippen LogP contribution in [-0.2, 0) is 16.4 Å². The molecule has 1 fully saturated rings. The second-order valence-electron chi connectivity index (χ2n) is 6.02. The van der Waals surface area contributed by atoms with E-state index in [1.807, 2.05) is 13.0 Å². The first kappa shape index (κ1) is 16.7. The van der Waals surface area contributed by atoms with Crippen LogP contribution in [0, 0.1) is 5.92 Å². The summed E-state index contributed by atoms with van der Waals surface area (Å²) in [5.41, 5.74) is 6.17. The molecule has 118 valence electrons. The molecule has 1 aromatic rings. The van der Waals surface area contributed by atoms with Gasteiger partial charge in [0.1, 0.15) is 4.90 Å². The summed E-state index contributed by atoms with van der Waals surface area (Å²) in [4.78, 5) is 0.149. The van der Waals surface area contributed by atoms with Gasteiger partial charge < -0.3 is 5.73 Å². The summed E-state index contributed by atoms with van der Waals surface area (Å²) in [6, 6.07) is 5.18. The molecule has 1 saturated carbocycles. The fourth-order valence-electron chi connectivity index (χ4n) is 2.57. The molecular weight excluding hydrogens is 308 g/mol. The van der Waals surface area contributed by atoms with Gasteiger partial charge in [0.15, 0.2) is 0 Å². The number of hydrogen-bond acceptors (Lipinski definition) is 3. The third-order valence-electron chi connectivity index (χ3n) is 4.09. The quantitative estimate of drug-likeness (QED) is 0.807. The first-order valence-electron chi connectivity index (χ1n) is 7.35. The minimum Gasteiger partial charge on any atom is -0.329 e. The zero-order valence-corrected chi connectivity index (χ0v) is 14.1. The van der Waals surface area contributed by atoms with Gasteiger partial charge >= 0.3 is 0 Å². The smallest absolute Gasteiger partial charge is 0.242 e. The highest BCUT2D eigenvalue weighted by Gasteiger charge is 2.43. The number of hydrogen-bond donors (Lipinski definition) is 2. The second-order valence-corrected chi connectivity index (χ2v) is 8.07. The molecule has 21 heavy (non-hydrogen) atoms. The van der Waals surface area contributed by atoms with E-state index in [0.29, 0.717) is 5.92 Å². The number of halogens is 1. The van der Waals surface area contributed by atoms with Crippen LogP contribution in [-0.4, -0.2) is 20.5 Å². The van der Waals surface area contributed by atoms with Crippen molar-refractivity contribution in [3.05, 3.63) is 28.8 Å². The zero-order valence-electron chi connectivity index (χ0n) is 12.5. The molecule has 4 nitrogen and oxygen atoms in total. The molecule has 1 aliphatic rings. The van der Waals surface area contributed by atoms with Crippen LogP contribution in [0.5, 0.6) is 0 Å². The van der Waals surface area contributed by atoms with Gasteiger partial charge in [-0.15, -0.1) is 0 Å². The summed E-state index contributed by atoms with van der Waals surface area (Å²) in [6.45, 7) is 4.20. The van der Waals surface area contributed by atoms with Crippen molar-refractivity contribution in [3.8, 4) is 0 Å². The molecule has 1 aliphatic carbocycles. The number of aryl methyl sites for hydroxylation is 1. The number of benzene rings is 1. The largest absolute Gasteiger partial charge is 0.329 e. The monoisotopic (exact) mass is 330 g/mol. The molecular formula is C15H23ClN2O2S. The lowest BCUT2D eigenvalue weighted by atomic mass is 9.98. The maximum absolute atomic E-state index is 12.7. The Hall–Kier alpha value is -0.620. The fraction of sp³-hybridized carbons (Fsp3) is 0.600. The number of nitrogens with one attached hydrogen (secondary N) is 1. The molecule has 1 unspecified atom stereocenters. The average molecular weight is 331 g/mol. The molecule has 0 amide bonds. The van der Waals surface area contributed by atoms with Crippen LogP contribution in [0.1, 0.15) is 38.7 Å². The maximum atomic E-state index is 12.7. The van der Waals surface area contributed by atoms with Crippen LogP contribution in [0.4, 0.5) is 0 Å². The molecule has 2 rings (SSSR count). The van der Waals surface area contributed by atoms with Crippen LogP contribution in [0.25, 0.3) is 0 Å². The Kier molecular flexibility index (Phi) is 4.98. The van der Waals surface area contributed by atoms with Crippen molar-refractivity contribution in [3.63, 3.8) is 0 Å². The summed E-state index contributed by atoms with van der Waals surface area (Å²) in [5.74, 6) is 0.315. The first-order valence-corrected chi connectivity index (χ1v) is 9.21. The molecule has 0 saturated heterocycles. The van der Waals surface area contributed by atoms with E-state index in [2.05, 4.69) is 11.6 Å². The summed E-state index contributed by atoms with van der Waals surface area (Å²) in [6.07, 6.45) is 3.81. The Morgan fingerprint density at radius 2 is 2.10 bits per heavy atom. The molecule has 3 N–H and O–H groups in total. The van der Waals surface area contributed by atoms with E-state index < -0.39 is 15.6 Å². The molecule has 6 heteroatoms. The number of sulfonamides is 1. The van der Waals surface area contributed by atoms with Gasteiger partial charge in [-0.1, -0.05) is 31.0 Å². The standard InChI is InChI=1S/C15H23ClN2O2S/c1-3-4-11-5-8-13(16)14(9-11)21(19,20)18-15(2,10-17)12-6-7-12/h5,8-9,12,18H,3-4,6-7,10,17H2,1-2H3. The molecule has 0 aromatic heterocycles. The minimum absolute atomic E-state index is 0.149. The highest BCUT2D eigenvalue weighted by atomic mass is 35.5. The molecule has 0 spiro atoms. The molecule has 0 aliphatic heterocycles. The van der Waals surface area contributed by atoms with E-state index in [1.54, 1.807) is 12.1 Å². The van der Waals surface area contributed by atoms with Crippen LogP contribution >= 0.6 is 11.6 Å². The summed E-state index contributed by atoms with van der Waals surface area (Å²) < 4.78 is 28.1. The lowest BCUT2D eigenvalue weighted by Crippen LogP contribution is -2.53. The Morgan fingerprint density at radius 1 is 1.43 bits per heavy atom. The molecule has 0 heterocycles. The van der Waals surface area contributed by atoms with E-state index in [4.69, 9.17) is 17.3 Å². The molecule has 1 aromatic carbocycles. The Bertz CT molecular complexity index is 614.